The van der Waals surface area contributed by atoms with Crippen LogP contribution in [-0.4, -0.2) is 51.9 Å². The zero-order valence-electron chi connectivity index (χ0n) is 14.6. The molecule has 0 spiro atoms. The Morgan fingerprint density at radius 3 is 2.56 bits per heavy atom. The number of carbonyl (C=O) groups is 1. The molecule has 7 heteroatoms. The van der Waals surface area contributed by atoms with E-state index in [0.29, 0.717) is 18.8 Å². The van der Waals surface area contributed by atoms with Crippen molar-refractivity contribution in [2.45, 2.75) is 48.5 Å². The molecule has 1 aromatic carbocycles. The fraction of sp³-hybridized carbons (Fsp3) is 0.611. The first-order valence-corrected chi connectivity index (χ1v) is 10.3. The van der Waals surface area contributed by atoms with Crippen LogP contribution < -0.4 is 10.1 Å². The lowest BCUT2D eigenvalue weighted by molar-refractivity contribution is -0.128. The second kappa shape index (κ2) is 7.43. The van der Waals surface area contributed by atoms with Crippen LogP contribution in [0.1, 0.15) is 26.2 Å². The quantitative estimate of drug-likeness (QED) is 0.851. The minimum atomic E-state index is -3.72. The number of rotatable bonds is 5. The summed E-state index contributed by atoms with van der Waals surface area (Å²) in [6.45, 7) is 2.72. The fourth-order valence-electron chi connectivity index (χ4n) is 3.87. The van der Waals surface area contributed by atoms with Gasteiger partial charge in [-0.25, -0.2) is 8.42 Å². The third-order valence-electron chi connectivity index (χ3n) is 5.22. The maximum atomic E-state index is 13.0. The molecule has 1 aromatic rings. The van der Waals surface area contributed by atoms with Crippen LogP contribution in [0, 0.1) is 5.92 Å². The minimum absolute atomic E-state index is 0.0411. The summed E-state index contributed by atoms with van der Waals surface area (Å²) in [6, 6.07) is 6.26. The van der Waals surface area contributed by atoms with Crippen LogP contribution in [0.2, 0.25) is 0 Å². The van der Waals surface area contributed by atoms with Crippen molar-refractivity contribution in [2.75, 3.05) is 20.3 Å². The number of ketones is 1. The highest BCUT2D eigenvalue weighted by Crippen LogP contribution is 2.33. The molecule has 1 saturated heterocycles. The molecule has 138 valence electrons. The minimum Gasteiger partial charge on any atom is -0.497 e. The summed E-state index contributed by atoms with van der Waals surface area (Å²) in [6.07, 6.45) is 2.39. The number of fused-ring (bicyclic) bond motifs is 1. The highest BCUT2D eigenvalue weighted by molar-refractivity contribution is 7.92. The average Bonchev–Trinajstić information content (AvgIpc) is 2.62. The van der Waals surface area contributed by atoms with Gasteiger partial charge in [-0.05, 0) is 50.5 Å². The van der Waals surface area contributed by atoms with Gasteiger partial charge in [0.15, 0.2) is 15.6 Å². The van der Waals surface area contributed by atoms with Gasteiger partial charge in [-0.3, -0.25) is 4.79 Å². The van der Waals surface area contributed by atoms with Gasteiger partial charge >= 0.3 is 0 Å². The molecular weight excluding hydrogens is 342 g/mol. The molecule has 1 N–H and O–H groups in total. The van der Waals surface area contributed by atoms with Crippen molar-refractivity contribution in [3.05, 3.63) is 24.3 Å². The third kappa shape index (κ3) is 3.59. The van der Waals surface area contributed by atoms with E-state index in [9.17, 15) is 13.2 Å². The van der Waals surface area contributed by atoms with E-state index >= 15 is 0 Å². The van der Waals surface area contributed by atoms with Crippen LogP contribution in [0.15, 0.2) is 29.2 Å². The largest absolute Gasteiger partial charge is 0.497 e. The summed E-state index contributed by atoms with van der Waals surface area (Å²) in [5.41, 5.74) is 0. The van der Waals surface area contributed by atoms with E-state index < -0.39 is 15.1 Å². The van der Waals surface area contributed by atoms with Gasteiger partial charge in [-0.1, -0.05) is 0 Å². The van der Waals surface area contributed by atoms with Crippen LogP contribution in [0.4, 0.5) is 0 Å². The number of hydrogen-bond donors (Lipinski definition) is 1. The Labute approximate surface area is 148 Å². The summed E-state index contributed by atoms with van der Waals surface area (Å²) in [4.78, 5) is 13.1. The second-order valence-corrected chi connectivity index (χ2v) is 8.75. The smallest absolute Gasteiger partial charge is 0.189 e. The molecule has 1 heterocycles. The van der Waals surface area contributed by atoms with Crippen LogP contribution in [0.5, 0.6) is 5.75 Å². The Hall–Kier alpha value is -1.44. The molecule has 0 bridgehead atoms. The highest BCUT2D eigenvalue weighted by atomic mass is 32.2. The Morgan fingerprint density at radius 2 is 1.92 bits per heavy atom. The lowest BCUT2D eigenvalue weighted by Crippen LogP contribution is -2.58. The van der Waals surface area contributed by atoms with Crippen LogP contribution in [-0.2, 0) is 19.4 Å². The number of benzene rings is 1. The highest BCUT2D eigenvalue weighted by Gasteiger charge is 2.46. The summed E-state index contributed by atoms with van der Waals surface area (Å²) in [5, 5.41) is 2.24. The van der Waals surface area contributed by atoms with E-state index in [1.165, 1.54) is 19.2 Å². The number of nitrogens with one attached hydrogen (secondary N) is 1. The molecule has 0 amide bonds. The topological polar surface area (TPSA) is 81.7 Å². The Balaban J connectivity index is 1.81. The van der Waals surface area contributed by atoms with Gasteiger partial charge < -0.3 is 14.8 Å². The van der Waals surface area contributed by atoms with Gasteiger partial charge in [0.25, 0.3) is 0 Å². The van der Waals surface area contributed by atoms with Crippen molar-refractivity contribution in [2.24, 2.45) is 5.92 Å². The van der Waals surface area contributed by atoms with E-state index in [0.717, 1.165) is 12.8 Å². The number of piperidine rings is 1. The average molecular weight is 367 g/mol. The van der Waals surface area contributed by atoms with Crippen molar-refractivity contribution >= 4 is 15.6 Å². The first kappa shape index (κ1) is 18.4. The summed E-state index contributed by atoms with van der Waals surface area (Å²) in [5.74, 6) is 0.111. The Kier molecular flexibility index (Phi) is 5.46. The molecular formula is C18H25NO5S. The Bertz CT molecular complexity index is 715. The third-order valence-corrected chi connectivity index (χ3v) is 7.29. The van der Waals surface area contributed by atoms with E-state index in [1.807, 2.05) is 6.92 Å². The molecule has 1 aliphatic heterocycles. The van der Waals surface area contributed by atoms with Crippen LogP contribution >= 0.6 is 0 Å². The molecule has 0 radical (unpaired) electrons. The van der Waals surface area contributed by atoms with Crippen molar-refractivity contribution in [1.82, 2.24) is 5.32 Å². The molecule has 2 aliphatic rings. The van der Waals surface area contributed by atoms with Gasteiger partial charge in [0.1, 0.15) is 11.0 Å². The summed E-state index contributed by atoms with van der Waals surface area (Å²) < 4.78 is 36.6. The summed E-state index contributed by atoms with van der Waals surface area (Å²) in [7, 11) is -2.20. The van der Waals surface area contributed by atoms with E-state index in [4.69, 9.17) is 9.47 Å². The second-order valence-electron chi connectivity index (χ2n) is 6.62. The molecule has 4 unspecified atom stereocenters. The van der Waals surface area contributed by atoms with Crippen molar-refractivity contribution in [1.29, 1.82) is 0 Å². The first-order valence-electron chi connectivity index (χ1n) is 8.74. The number of ether oxygens (including phenoxy) is 2. The number of hydrogen-bond acceptors (Lipinski definition) is 6. The van der Waals surface area contributed by atoms with Gasteiger partial charge in [0.05, 0.1) is 18.1 Å². The number of carbonyl (C=O) groups excluding carboxylic acids is 1. The van der Waals surface area contributed by atoms with Crippen LogP contribution in [0.3, 0.4) is 0 Å². The van der Waals surface area contributed by atoms with Gasteiger partial charge in [0.2, 0.25) is 0 Å². The first-order chi connectivity index (χ1) is 12.0. The van der Waals surface area contributed by atoms with E-state index in [2.05, 4.69) is 5.32 Å². The monoisotopic (exact) mass is 367 g/mol. The zero-order valence-corrected chi connectivity index (χ0v) is 15.4. The number of sulfone groups is 1. The lowest BCUT2D eigenvalue weighted by Gasteiger charge is -2.41. The van der Waals surface area contributed by atoms with Gasteiger partial charge in [-0.15, -0.1) is 0 Å². The molecule has 0 aromatic heterocycles. The molecule has 25 heavy (non-hydrogen) atoms. The predicted octanol–water partition coefficient (Wildman–Crippen LogP) is 1.58. The maximum Gasteiger partial charge on any atom is 0.189 e. The lowest BCUT2D eigenvalue weighted by atomic mass is 9.77. The van der Waals surface area contributed by atoms with E-state index in [1.54, 1.807) is 12.1 Å². The molecule has 3 rings (SSSR count). The zero-order chi connectivity index (χ0) is 18.0. The van der Waals surface area contributed by atoms with Crippen molar-refractivity contribution in [3.63, 3.8) is 0 Å². The van der Waals surface area contributed by atoms with Crippen molar-refractivity contribution < 1.29 is 22.7 Å². The van der Waals surface area contributed by atoms with Gasteiger partial charge in [0, 0.05) is 25.1 Å². The van der Waals surface area contributed by atoms with Crippen LogP contribution in [0.25, 0.3) is 0 Å². The Morgan fingerprint density at radius 1 is 1.20 bits per heavy atom. The number of methoxy groups -OCH3 is 1. The molecule has 4 atom stereocenters. The number of Topliss-reactive ketones (excluding diaryl/α,β-unsaturated/α-hetero) is 1. The summed E-state index contributed by atoms with van der Waals surface area (Å²) >= 11 is 0. The van der Waals surface area contributed by atoms with Crippen molar-refractivity contribution in [3.8, 4) is 5.75 Å². The molecule has 1 saturated carbocycles. The standard InChI is InChI=1S/C18H25NO5S/c1-3-24-13-6-9-16-15(10-13)18(20)17(11-19-16)25(21,22)14-7-4-12(23-2)5-8-14/h4-5,7-8,13,15-17,19H,3,6,9-11H2,1-2H3. The SMILES string of the molecule is CCOC1CCC2NCC(S(=O)(=O)c3ccc(OC)cc3)C(=O)C2C1. The fourth-order valence-corrected chi connectivity index (χ4v) is 5.51. The maximum absolute atomic E-state index is 13.0. The molecule has 1 aliphatic carbocycles. The predicted molar refractivity (Wildman–Crippen MR) is 93.5 cm³/mol. The molecule has 2 fully saturated rings. The molecule has 6 nitrogen and oxygen atoms in total. The normalized spacial score (nSPS) is 29.9. The van der Waals surface area contributed by atoms with E-state index in [-0.39, 0.29) is 35.3 Å². The van der Waals surface area contributed by atoms with Gasteiger partial charge in [-0.2, -0.15) is 0 Å².